The van der Waals surface area contributed by atoms with Gasteiger partial charge in [0.25, 0.3) is 0 Å². The van der Waals surface area contributed by atoms with Crippen LogP contribution in [0.3, 0.4) is 0 Å². The molecule has 0 saturated carbocycles. The molecule has 1 aromatic carbocycles. The van der Waals surface area contributed by atoms with Crippen molar-refractivity contribution in [3.63, 3.8) is 0 Å². The summed E-state index contributed by atoms with van der Waals surface area (Å²) >= 11 is 0. The van der Waals surface area contributed by atoms with Gasteiger partial charge in [0.1, 0.15) is 0 Å². The van der Waals surface area contributed by atoms with E-state index in [1.807, 2.05) is 43.3 Å². The first-order chi connectivity index (χ1) is 13.2. The zero-order valence-corrected chi connectivity index (χ0v) is 19.4. The van der Waals surface area contributed by atoms with Crippen LogP contribution in [0.2, 0.25) is 0 Å². The van der Waals surface area contributed by atoms with Crippen molar-refractivity contribution in [1.82, 2.24) is 15.6 Å². The summed E-state index contributed by atoms with van der Waals surface area (Å²) in [6.45, 7) is 10.3. The number of rotatable bonds is 9. The van der Waals surface area contributed by atoms with Gasteiger partial charge in [-0.15, -0.1) is 24.0 Å². The standard InChI is InChI=1S/C21H30N4O2.HI/c1-5-16(4)25-21(22-6-2)24-15-17-12-13-20(23-14-17)27-19-11-9-8-10-18(19)26-7-3;/h8-14,16H,5-7,15H2,1-4H3,(H2,22,24,25);1H. The van der Waals surface area contributed by atoms with E-state index in [4.69, 9.17) is 9.47 Å². The second-order valence-electron chi connectivity index (χ2n) is 6.14. The van der Waals surface area contributed by atoms with E-state index in [-0.39, 0.29) is 24.0 Å². The first-order valence-electron chi connectivity index (χ1n) is 9.55. The molecule has 0 aliphatic rings. The van der Waals surface area contributed by atoms with E-state index >= 15 is 0 Å². The number of aliphatic imine (C=N–C) groups is 1. The van der Waals surface area contributed by atoms with Gasteiger partial charge < -0.3 is 20.1 Å². The van der Waals surface area contributed by atoms with Crippen LogP contribution in [0.4, 0.5) is 0 Å². The maximum atomic E-state index is 5.85. The highest BCUT2D eigenvalue weighted by Crippen LogP contribution is 2.30. The zero-order chi connectivity index (χ0) is 19.5. The number of ether oxygens (including phenoxy) is 2. The lowest BCUT2D eigenvalue weighted by atomic mass is 10.2. The van der Waals surface area contributed by atoms with E-state index in [0.29, 0.717) is 36.6 Å². The summed E-state index contributed by atoms with van der Waals surface area (Å²) in [5.74, 6) is 2.71. The largest absolute Gasteiger partial charge is 0.490 e. The third kappa shape index (κ3) is 7.92. The summed E-state index contributed by atoms with van der Waals surface area (Å²) in [5, 5.41) is 6.64. The fourth-order valence-electron chi connectivity index (χ4n) is 2.31. The van der Waals surface area contributed by atoms with Crippen LogP contribution in [0.5, 0.6) is 17.4 Å². The molecule has 0 spiro atoms. The zero-order valence-electron chi connectivity index (χ0n) is 17.1. The van der Waals surface area contributed by atoms with Crippen molar-refractivity contribution in [1.29, 1.82) is 0 Å². The molecule has 1 unspecified atom stereocenters. The molecule has 0 saturated heterocycles. The van der Waals surface area contributed by atoms with Gasteiger partial charge in [-0.1, -0.05) is 25.1 Å². The van der Waals surface area contributed by atoms with Crippen LogP contribution in [0.15, 0.2) is 47.6 Å². The molecule has 1 atom stereocenters. The van der Waals surface area contributed by atoms with Gasteiger partial charge >= 0.3 is 0 Å². The smallest absolute Gasteiger partial charge is 0.219 e. The van der Waals surface area contributed by atoms with Crippen LogP contribution in [0.1, 0.15) is 39.7 Å². The third-order valence-electron chi connectivity index (χ3n) is 3.92. The Morgan fingerprint density at radius 2 is 1.86 bits per heavy atom. The second kappa shape index (κ2) is 13.2. The molecule has 0 aliphatic carbocycles. The number of nitrogens with one attached hydrogen (secondary N) is 2. The normalized spacial score (nSPS) is 11.9. The maximum absolute atomic E-state index is 5.85. The quantitative estimate of drug-likeness (QED) is 0.297. The van der Waals surface area contributed by atoms with Crippen molar-refractivity contribution in [2.45, 2.75) is 46.7 Å². The number of hydrogen-bond acceptors (Lipinski definition) is 4. The Hall–Kier alpha value is -2.03. The van der Waals surface area contributed by atoms with Gasteiger partial charge in [0, 0.05) is 24.8 Å². The predicted molar refractivity (Wildman–Crippen MR) is 125 cm³/mol. The highest BCUT2D eigenvalue weighted by atomic mass is 127. The highest BCUT2D eigenvalue weighted by Gasteiger charge is 2.06. The molecular formula is C21H31IN4O2. The summed E-state index contributed by atoms with van der Waals surface area (Å²) in [6.07, 6.45) is 2.83. The van der Waals surface area contributed by atoms with Gasteiger partial charge in [0.15, 0.2) is 17.5 Å². The fourth-order valence-corrected chi connectivity index (χ4v) is 2.31. The monoisotopic (exact) mass is 498 g/mol. The lowest BCUT2D eigenvalue weighted by Crippen LogP contribution is -2.41. The molecule has 0 fully saturated rings. The number of halogens is 1. The Kier molecular flexibility index (Phi) is 11.3. The molecular weight excluding hydrogens is 467 g/mol. The Morgan fingerprint density at radius 3 is 2.46 bits per heavy atom. The number of aromatic nitrogens is 1. The van der Waals surface area contributed by atoms with Gasteiger partial charge in [0.2, 0.25) is 5.88 Å². The summed E-state index contributed by atoms with van der Waals surface area (Å²) in [4.78, 5) is 9.01. The molecule has 28 heavy (non-hydrogen) atoms. The minimum absolute atomic E-state index is 0. The van der Waals surface area contributed by atoms with Crippen molar-refractivity contribution in [2.24, 2.45) is 4.99 Å². The molecule has 0 aliphatic heterocycles. The van der Waals surface area contributed by atoms with E-state index in [2.05, 4.69) is 41.4 Å². The number of pyridine rings is 1. The molecule has 2 N–H and O–H groups in total. The number of hydrogen-bond donors (Lipinski definition) is 2. The second-order valence-corrected chi connectivity index (χ2v) is 6.14. The topological polar surface area (TPSA) is 67.8 Å². The first kappa shape index (κ1) is 24.0. The van der Waals surface area contributed by atoms with Crippen LogP contribution in [-0.4, -0.2) is 30.1 Å². The van der Waals surface area contributed by atoms with Gasteiger partial charge in [-0.3, -0.25) is 0 Å². The molecule has 2 rings (SSSR count). The van der Waals surface area contributed by atoms with Gasteiger partial charge in [-0.05, 0) is 44.9 Å². The van der Waals surface area contributed by atoms with Crippen molar-refractivity contribution < 1.29 is 9.47 Å². The molecule has 2 aromatic rings. The van der Waals surface area contributed by atoms with E-state index in [9.17, 15) is 0 Å². The third-order valence-corrected chi connectivity index (χ3v) is 3.92. The number of guanidine groups is 1. The SMILES string of the molecule is CCNC(=NCc1ccc(Oc2ccccc2OCC)nc1)NC(C)CC.I. The summed E-state index contributed by atoms with van der Waals surface area (Å²) in [5.41, 5.74) is 1.02. The van der Waals surface area contributed by atoms with Crippen molar-refractivity contribution in [2.75, 3.05) is 13.2 Å². The van der Waals surface area contributed by atoms with Crippen LogP contribution in [0, 0.1) is 0 Å². The van der Waals surface area contributed by atoms with Crippen LogP contribution < -0.4 is 20.1 Å². The Morgan fingerprint density at radius 1 is 1.11 bits per heavy atom. The average molecular weight is 498 g/mol. The summed E-state index contributed by atoms with van der Waals surface area (Å²) < 4.78 is 11.4. The molecule has 0 bridgehead atoms. The molecule has 7 heteroatoms. The number of nitrogens with zero attached hydrogens (tertiary/aromatic N) is 2. The number of benzene rings is 1. The summed E-state index contributed by atoms with van der Waals surface area (Å²) in [7, 11) is 0. The Bertz CT molecular complexity index is 723. The van der Waals surface area contributed by atoms with Crippen molar-refractivity contribution in [3.8, 4) is 17.4 Å². The minimum Gasteiger partial charge on any atom is -0.490 e. The molecule has 154 valence electrons. The lowest BCUT2D eigenvalue weighted by molar-refractivity contribution is 0.319. The van der Waals surface area contributed by atoms with E-state index < -0.39 is 0 Å². The van der Waals surface area contributed by atoms with Crippen molar-refractivity contribution >= 4 is 29.9 Å². The van der Waals surface area contributed by atoms with Crippen LogP contribution in [0.25, 0.3) is 0 Å². The highest BCUT2D eigenvalue weighted by molar-refractivity contribution is 14.0. The van der Waals surface area contributed by atoms with Crippen LogP contribution >= 0.6 is 24.0 Å². The average Bonchev–Trinajstić information content (AvgIpc) is 2.69. The lowest BCUT2D eigenvalue weighted by Gasteiger charge is -2.16. The molecule has 1 heterocycles. The molecule has 1 aromatic heterocycles. The predicted octanol–water partition coefficient (Wildman–Crippen LogP) is 4.74. The van der Waals surface area contributed by atoms with Gasteiger partial charge in [-0.2, -0.15) is 0 Å². The minimum atomic E-state index is 0. The van der Waals surface area contributed by atoms with Gasteiger partial charge in [-0.25, -0.2) is 9.98 Å². The van der Waals surface area contributed by atoms with Gasteiger partial charge in [0.05, 0.1) is 13.2 Å². The Labute approximate surface area is 185 Å². The molecule has 6 nitrogen and oxygen atoms in total. The fraction of sp³-hybridized carbons (Fsp3) is 0.429. The Balaban J connectivity index is 0.00000392. The van der Waals surface area contributed by atoms with Crippen molar-refractivity contribution in [3.05, 3.63) is 48.2 Å². The van der Waals surface area contributed by atoms with E-state index in [0.717, 1.165) is 24.5 Å². The van der Waals surface area contributed by atoms with Crippen LogP contribution in [-0.2, 0) is 6.54 Å². The first-order valence-corrected chi connectivity index (χ1v) is 9.55. The number of para-hydroxylation sites is 2. The molecule has 0 amide bonds. The van der Waals surface area contributed by atoms with E-state index in [1.165, 1.54) is 0 Å². The summed E-state index contributed by atoms with van der Waals surface area (Å²) in [6, 6.07) is 11.8. The van der Waals surface area contributed by atoms with E-state index in [1.54, 1.807) is 6.20 Å². The maximum Gasteiger partial charge on any atom is 0.219 e. The molecule has 0 radical (unpaired) electrons.